The SMILES string of the molecule is O=C(O)c1ccc(CNC(=O)c2cc(C(=O)O)cc(C(=O)NO)c2)cc1. The number of aromatic carboxylic acids is 2. The maximum Gasteiger partial charge on any atom is 0.335 e. The number of hydrogen-bond donors (Lipinski definition) is 5. The van der Waals surface area contributed by atoms with Gasteiger partial charge in [-0.3, -0.25) is 14.8 Å². The van der Waals surface area contributed by atoms with Crippen LogP contribution in [0.5, 0.6) is 0 Å². The zero-order valence-corrected chi connectivity index (χ0v) is 13.2. The monoisotopic (exact) mass is 358 g/mol. The van der Waals surface area contributed by atoms with E-state index in [1.165, 1.54) is 29.7 Å². The molecule has 5 N–H and O–H groups in total. The quantitative estimate of drug-likeness (QED) is 0.383. The highest BCUT2D eigenvalue weighted by atomic mass is 16.5. The van der Waals surface area contributed by atoms with Gasteiger partial charge in [-0.1, -0.05) is 12.1 Å². The van der Waals surface area contributed by atoms with Gasteiger partial charge in [0.05, 0.1) is 11.1 Å². The fraction of sp³-hybridized carbons (Fsp3) is 0.0588. The van der Waals surface area contributed by atoms with Crippen LogP contribution < -0.4 is 10.8 Å². The van der Waals surface area contributed by atoms with E-state index in [2.05, 4.69) is 5.32 Å². The molecule has 9 nitrogen and oxygen atoms in total. The number of amides is 2. The van der Waals surface area contributed by atoms with Crippen molar-refractivity contribution >= 4 is 23.8 Å². The van der Waals surface area contributed by atoms with Gasteiger partial charge in [-0.25, -0.2) is 15.1 Å². The molecule has 0 saturated heterocycles. The van der Waals surface area contributed by atoms with E-state index in [0.717, 1.165) is 18.2 Å². The van der Waals surface area contributed by atoms with Crippen LogP contribution in [0.4, 0.5) is 0 Å². The average Bonchev–Trinajstić information content (AvgIpc) is 2.65. The molecule has 0 unspecified atom stereocenters. The Morgan fingerprint density at radius 1 is 0.731 bits per heavy atom. The van der Waals surface area contributed by atoms with E-state index in [4.69, 9.17) is 15.4 Å². The zero-order valence-electron chi connectivity index (χ0n) is 13.2. The minimum Gasteiger partial charge on any atom is -0.478 e. The molecule has 2 aromatic carbocycles. The Hall–Kier alpha value is -3.72. The Bertz CT molecular complexity index is 875. The van der Waals surface area contributed by atoms with Crippen molar-refractivity contribution in [2.45, 2.75) is 6.54 Å². The topological polar surface area (TPSA) is 153 Å². The van der Waals surface area contributed by atoms with E-state index < -0.39 is 23.8 Å². The van der Waals surface area contributed by atoms with Gasteiger partial charge in [-0.2, -0.15) is 0 Å². The summed E-state index contributed by atoms with van der Waals surface area (Å²) in [7, 11) is 0. The number of rotatable bonds is 6. The number of benzene rings is 2. The van der Waals surface area contributed by atoms with Crippen molar-refractivity contribution in [3.63, 3.8) is 0 Å². The molecule has 2 amide bonds. The Kier molecular flexibility index (Phi) is 5.66. The van der Waals surface area contributed by atoms with Gasteiger partial charge in [0.25, 0.3) is 11.8 Å². The second-order valence-corrected chi connectivity index (χ2v) is 5.23. The zero-order chi connectivity index (χ0) is 19.3. The van der Waals surface area contributed by atoms with Gasteiger partial charge < -0.3 is 15.5 Å². The summed E-state index contributed by atoms with van der Waals surface area (Å²) in [6.07, 6.45) is 0. The number of carboxylic acid groups (broad SMARTS) is 2. The summed E-state index contributed by atoms with van der Waals surface area (Å²) in [5, 5.41) is 29.1. The smallest absolute Gasteiger partial charge is 0.335 e. The van der Waals surface area contributed by atoms with Crippen LogP contribution >= 0.6 is 0 Å². The predicted molar refractivity (Wildman–Crippen MR) is 87.2 cm³/mol. The van der Waals surface area contributed by atoms with Crippen molar-refractivity contribution in [1.82, 2.24) is 10.8 Å². The molecule has 0 bridgehead atoms. The largest absolute Gasteiger partial charge is 0.478 e. The minimum absolute atomic E-state index is 0.0670. The first-order valence-corrected chi connectivity index (χ1v) is 7.25. The van der Waals surface area contributed by atoms with Crippen molar-refractivity contribution in [2.75, 3.05) is 0 Å². The van der Waals surface area contributed by atoms with Gasteiger partial charge in [-0.05, 0) is 35.9 Å². The van der Waals surface area contributed by atoms with Crippen LogP contribution in [0.15, 0.2) is 42.5 Å². The van der Waals surface area contributed by atoms with Gasteiger partial charge in [0, 0.05) is 17.7 Å². The highest BCUT2D eigenvalue weighted by Crippen LogP contribution is 2.12. The Balaban J connectivity index is 2.17. The fourth-order valence-electron chi connectivity index (χ4n) is 2.13. The average molecular weight is 358 g/mol. The van der Waals surface area contributed by atoms with E-state index in [1.54, 1.807) is 0 Å². The number of carboxylic acids is 2. The summed E-state index contributed by atoms with van der Waals surface area (Å²) in [5.74, 6) is -3.99. The van der Waals surface area contributed by atoms with Crippen LogP contribution in [0.2, 0.25) is 0 Å². The second-order valence-electron chi connectivity index (χ2n) is 5.23. The lowest BCUT2D eigenvalue weighted by molar-refractivity contribution is 0.0684. The third-order valence-corrected chi connectivity index (χ3v) is 3.46. The highest BCUT2D eigenvalue weighted by molar-refractivity contribution is 6.02. The first-order valence-electron chi connectivity index (χ1n) is 7.25. The minimum atomic E-state index is -1.34. The molecule has 26 heavy (non-hydrogen) atoms. The van der Waals surface area contributed by atoms with Gasteiger partial charge >= 0.3 is 11.9 Å². The Morgan fingerprint density at radius 3 is 1.73 bits per heavy atom. The molecule has 0 aliphatic heterocycles. The van der Waals surface area contributed by atoms with Crippen molar-refractivity contribution in [3.05, 3.63) is 70.3 Å². The van der Waals surface area contributed by atoms with Gasteiger partial charge in [0.1, 0.15) is 0 Å². The van der Waals surface area contributed by atoms with E-state index in [-0.39, 0.29) is 28.8 Å². The van der Waals surface area contributed by atoms with Crippen molar-refractivity contribution in [1.29, 1.82) is 0 Å². The van der Waals surface area contributed by atoms with Crippen molar-refractivity contribution in [3.8, 4) is 0 Å². The molecule has 0 radical (unpaired) electrons. The number of hydrogen-bond acceptors (Lipinski definition) is 5. The normalized spacial score (nSPS) is 10.0. The third-order valence-electron chi connectivity index (χ3n) is 3.46. The third kappa shape index (κ3) is 4.42. The molecule has 0 aromatic heterocycles. The first-order chi connectivity index (χ1) is 12.3. The maximum atomic E-state index is 12.2. The van der Waals surface area contributed by atoms with E-state index in [9.17, 15) is 19.2 Å². The Morgan fingerprint density at radius 2 is 1.23 bits per heavy atom. The lowest BCUT2D eigenvalue weighted by atomic mass is 10.0. The summed E-state index contributed by atoms with van der Waals surface area (Å²) in [6, 6.07) is 9.09. The number of carbonyl (C=O) groups is 4. The first kappa shape index (κ1) is 18.6. The number of nitrogens with one attached hydrogen (secondary N) is 2. The van der Waals surface area contributed by atoms with Gasteiger partial charge in [-0.15, -0.1) is 0 Å². The molecule has 134 valence electrons. The van der Waals surface area contributed by atoms with Crippen LogP contribution in [0, 0.1) is 0 Å². The van der Waals surface area contributed by atoms with Crippen molar-refractivity contribution < 1.29 is 34.6 Å². The summed E-state index contributed by atoms with van der Waals surface area (Å²) in [5.41, 5.74) is 1.55. The van der Waals surface area contributed by atoms with Crippen LogP contribution in [0.3, 0.4) is 0 Å². The lowest BCUT2D eigenvalue weighted by Gasteiger charge is -2.08. The van der Waals surface area contributed by atoms with E-state index >= 15 is 0 Å². The fourth-order valence-corrected chi connectivity index (χ4v) is 2.13. The van der Waals surface area contributed by atoms with Gasteiger partial charge in [0.15, 0.2) is 0 Å². The maximum absolute atomic E-state index is 12.2. The van der Waals surface area contributed by atoms with Crippen LogP contribution in [0.1, 0.15) is 47.0 Å². The van der Waals surface area contributed by atoms with Crippen molar-refractivity contribution in [2.24, 2.45) is 0 Å². The standard InChI is InChI=1S/C17H14N2O7/c20-14(18-8-9-1-3-10(4-2-9)16(22)23)11-5-12(15(21)19-26)7-13(6-11)17(24)25/h1-7,26H,8H2,(H,18,20)(H,19,21)(H,22,23)(H,24,25). The highest BCUT2D eigenvalue weighted by Gasteiger charge is 2.15. The summed E-state index contributed by atoms with van der Waals surface area (Å²) >= 11 is 0. The number of hydroxylamine groups is 1. The van der Waals surface area contributed by atoms with Crippen LogP contribution in [0.25, 0.3) is 0 Å². The molecule has 0 fully saturated rings. The van der Waals surface area contributed by atoms with Crippen LogP contribution in [-0.2, 0) is 6.54 Å². The summed E-state index contributed by atoms with van der Waals surface area (Å²) in [6.45, 7) is 0.0670. The molecule has 9 heteroatoms. The molecule has 0 atom stereocenters. The van der Waals surface area contributed by atoms with E-state index in [1.807, 2.05) is 0 Å². The second kappa shape index (κ2) is 7.90. The van der Waals surface area contributed by atoms with Gasteiger partial charge in [0.2, 0.25) is 0 Å². The molecule has 2 aromatic rings. The predicted octanol–water partition coefficient (Wildman–Crippen LogP) is 1.13. The Labute approximate surface area is 146 Å². The van der Waals surface area contributed by atoms with E-state index in [0.29, 0.717) is 5.56 Å². The molecular formula is C17H14N2O7. The molecule has 2 rings (SSSR count). The summed E-state index contributed by atoms with van der Waals surface area (Å²) < 4.78 is 0. The molecular weight excluding hydrogens is 344 g/mol. The molecule has 0 spiro atoms. The molecule has 0 aliphatic rings. The van der Waals surface area contributed by atoms with Crippen LogP contribution in [-0.4, -0.2) is 39.2 Å². The molecule has 0 heterocycles. The summed E-state index contributed by atoms with van der Waals surface area (Å²) in [4.78, 5) is 45.7. The lowest BCUT2D eigenvalue weighted by Crippen LogP contribution is -2.25. The molecule has 0 saturated carbocycles. The number of carbonyl (C=O) groups excluding carboxylic acids is 2. The molecule has 0 aliphatic carbocycles.